The minimum absolute atomic E-state index is 0.0968. The first-order chi connectivity index (χ1) is 19.6. The van der Waals surface area contributed by atoms with Crippen LogP contribution in [0, 0.1) is 5.41 Å². The van der Waals surface area contributed by atoms with Gasteiger partial charge in [-0.15, -0.1) is 11.3 Å². The maximum absolute atomic E-state index is 13.4. The highest BCUT2D eigenvalue weighted by atomic mass is 32.1. The molecule has 41 heavy (non-hydrogen) atoms. The molecule has 2 aliphatic rings. The van der Waals surface area contributed by atoms with Gasteiger partial charge < -0.3 is 25.6 Å². The number of nitrogen functional groups attached to an aromatic ring is 1. The van der Waals surface area contributed by atoms with Crippen LogP contribution in [0.1, 0.15) is 45.7 Å². The Morgan fingerprint density at radius 2 is 1.93 bits per heavy atom. The van der Waals surface area contributed by atoms with E-state index in [4.69, 9.17) is 11.1 Å². The van der Waals surface area contributed by atoms with Crippen molar-refractivity contribution < 1.29 is 27.9 Å². The molecule has 12 heteroatoms. The van der Waals surface area contributed by atoms with E-state index in [0.29, 0.717) is 11.1 Å². The molecule has 0 aliphatic carbocycles. The Balaban J connectivity index is 1.28. The number of rotatable bonds is 9. The first-order valence-corrected chi connectivity index (χ1v) is 13.9. The summed E-state index contributed by atoms with van der Waals surface area (Å²) in [6.45, 7) is -1.60. The van der Waals surface area contributed by atoms with Crippen LogP contribution in [-0.2, 0) is 20.9 Å². The Bertz CT molecular complexity index is 1480. The highest BCUT2D eigenvalue weighted by Crippen LogP contribution is 2.30. The lowest BCUT2D eigenvalue weighted by atomic mass is 10.0. The summed E-state index contributed by atoms with van der Waals surface area (Å²) in [5.41, 5.74) is 9.30. The number of nitrogens with one attached hydrogen (secondary N) is 2. The van der Waals surface area contributed by atoms with Crippen molar-refractivity contribution in [2.75, 3.05) is 13.1 Å². The highest BCUT2D eigenvalue weighted by molar-refractivity contribution is 7.10. The molecule has 3 heterocycles. The van der Waals surface area contributed by atoms with E-state index < -0.39 is 36.6 Å². The summed E-state index contributed by atoms with van der Waals surface area (Å²) in [6.07, 6.45) is -1.14. The predicted octanol–water partition coefficient (Wildman–Crippen LogP) is 3.74. The molecule has 3 amide bonds. The molecular formula is C29H29F2N5O4S. The Kier molecular flexibility index (Phi) is 8.13. The van der Waals surface area contributed by atoms with E-state index in [1.54, 1.807) is 24.4 Å². The molecule has 5 rings (SSSR count). The van der Waals surface area contributed by atoms with Gasteiger partial charge in [0.1, 0.15) is 18.4 Å². The smallest absolute Gasteiger partial charge is 0.345 e. The highest BCUT2D eigenvalue weighted by Gasteiger charge is 2.42. The molecule has 1 fully saturated rings. The third-order valence-corrected chi connectivity index (χ3v) is 8.43. The van der Waals surface area contributed by atoms with Gasteiger partial charge >= 0.3 is 6.61 Å². The molecule has 0 bridgehead atoms. The first kappa shape index (κ1) is 28.4. The second-order valence-corrected chi connectivity index (χ2v) is 11.0. The summed E-state index contributed by atoms with van der Waals surface area (Å²) < 4.78 is 30.7. The summed E-state index contributed by atoms with van der Waals surface area (Å²) in [7, 11) is 0. The number of nitrogens with zero attached hydrogens (tertiary/aromatic N) is 2. The van der Waals surface area contributed by atoms with Crippen LogP contribution >= 0.6 is 11.3 Å². The van der Waals surface area contributed by atoms with Gasteiger partial charge in [0.25, 0.3) is 5.91 Å². The number of amidine groups is 1. The molecule has 0 radical (unpaired) electrons. The zero-order valence-corrected chi connectivity index (χ0v) is 23.0. The lowest BCUT2D eigenvalue weighted by molar-refractivity contribution is -0.160. The van der Waals surface area contributed by atoms with Gasteiger partial charge in [0.15, 0.2) is 0 Å². The average Bonchev–Trinajstić information content (AvgIpc) is 3.67. The molecule has 4 N–H and O–H groups in total. The summed E-state index contributed by atoms with van der Waals surface area (Å²) in [6, 6.07) is 15.4. The van der Waals surface area contributed by atoms with E-state index in [2.05, 4.69) is 10.1 Å². The van der Waals surface area contributed by atoms with Crippen LogP contribution in [0.4, 0.5) is 8.78 Å². The molecule has 3 atom stereocenters. The number of carbonyl (C=O) groups is 3. The molecule has 0 unspecified atom stereocenters. The van der Waals surface area contributed by atoms with Crippen LogP contribution in [0.5, 0.6) is 0 Å². The van der Waals surface area contributed by atoms with Crippen LogP contribution in [-0.4, -0.2) is 65.2 Å². The number of hydrogen-bond acceptors (Lipinski definition) is 6. The number of halogens is 2. The number of benzene rings is 2. The lowest BCUT2D eigenvalue weighted by Gasteiger charge is -2.27. The molecule has 1 saturated heterocycles. The van der Waals surface area contributed by atoms with Crippen molar-refractivity contribution in [3.8, 4) is 11.1 Å². The molecule has 2 aliphatic heterocycles. The van der Waals surface area contributed by atoms with Gasteiger partial charge in [-0.3, -0.25) is 19.8 Å². The fourth-order valence-corrected chi connectivity index (χ4v) is 6.16. The molecule has 9 nitrogen and oxygen atoms in total. The predicted molar refractivity (Wildman–Crippen MR) is 150 cm³/mol. The van der Waals surface area contributed by atoms with Crippen LogP contribution < -0.4 is 11.1 Å². The summed E-state index contributed by atoms with van der Waals surface area (Å²) in [5.74, 6) is -1.45. The monoisotopic (exact) mass is 581 g/mol. The van der Waals surface area contributed by atoms with Gasteiger partial charge in [-0.2, -0.15) is 8.78 Å². The van der Waals surface area contributed by atoms with E-state index in [1.165, 1.54) is 21.1 Å². The van der Waals surface area contributed by atoms with Gasteiger partial charge in [0, 0.05) is 40.9 Å². The number of likely N-dealkylation sites (tertiary alicyclic amines) is 1. The van der Waals surface area contributed by atoms with Crippen LogP contribution in [0.15, 0.2) is 60.0 Å². The second-order valence-electron chi connectivity index (χ2n) is 10.1. The van der Waals surface area contributed by atoms with Crippen LogP contribution in [0.25, 0.3) is 11.1 Å². The number of alkyl halides is 2. The topological polar surface area (TPSA) is 129 Å². The number of amides is 3. The van der Waals surface area contributed by atoms with Crippen LogP contribution in [0.3, 0.4) is 0 Å². The number of ether oxygens (including phenoxy) is 1. The average molecular weight is 582 g/mol. The lowest BCUT2D eigenvalue weighted by Crippen LogP contribution is -2.49. The SMILES string of the molecule is C[C@@H](NC(=O)[C@@H]1C[C@@H](OC(F)F)CN1C(=O)CN1Cc2cc(-c3ccccc3)ccc2C1=O)c1cc(C(=N)N)cs1. The summed E-state index contributed by atoms with van der Waals surface area (Å²) in [5, 5.41) is 12.1. The van der Waals surface area contributed by atoms with Crippen molar-refractivity contribution in [2.45, 2.75) is 44.7 Å². The standard InChI is InChI=1S/C29H29F2N5O4S/c1-16(24-10-20(15-41-24)26(32)33)34-27(38)23-11-21(40-29(30)31)13-36(23)25(37)14-35-12-19-9-18(7-8-22(19)28(35)39)17-5-3-2-4-6-17/h2-10,15-16,21,23,29H,11-14H2,1H3,(H3,32,33)(H,34,38)/t16-,21-,23+/m1/s1. The van der Waals surface area contributed by atoms with Gasteiger partial charge in [-0.25, -0.2) is 0 Å². The van der Waals surface area contributed by atoms with Crippen LogP contribution in [0.2, 0.25) is 0 Å². The Labute approximate surface area is 239 Å². The Morgan fingerprint density at radius 1 is 1.17 bits per heavy atom. The van der Waals surface area contributed by atoms with E-state index in [-0.39, 0.29) is 37.8 Å². The van der Waals surface area contributed by atoms with Crippen molar-refractivity contribution in [2.24, 2.45) is 5.73 Å². The van der Waals surface area contributed by atoms with Crippen molar-refractivity contribution in [1.82, 2.24) is 15.1 Å². The molecule has 1 aromatic heterocycles. The molecule has 3 aromatic rings. The second kappa shape index (κ2) is 11.8. The van der Waals surface area contributed by atoms with Crippen molar-refractivity contribution >= 4 is 34.9 Å². The van der Waals surface area contributed by atoms with Gasteiger partial charge in [0.2, 0.25) is 11.8 Å². The largest absolute Gasteiger partial charge is 0.384 e. The van der Waals surface area contributed by atoms with E-state index in [9.17, 15) is 23.2 Å². The zero-order valence-electron chi connectivity index (χ0n) is 22.2. The van der Waals surface area contributed by atoms with E-state index in [1.807, 2.05) is 42.5 Å². The number of thiophene rings is 1. The quantitative estimate of drug-likeness (QED) is 0.262. The van der Waals surface area contributed by atoms with Crippen molar-refractivity contribution in [3.05, 3.63) is 81.5 Å². The molecule has 2 aromatic carbocycles. The van der Waals surface area contributed by atoms with Crippen molar-refractivity contribution in [3.63, 3.8) is 0 Å². The van der Waals surface area contributed by atoms with Gasteiger partial charge in [0.05, 0.1) is 12.1 Å². The maximum atomic E-state index is 13.4. The third kappa shape index (κ3) is 6.13. The number of nitrogens with two attached hydrogens (primary N) is 1. The molecule has 0 saturated carbocycles. The fourth-order valence-electron chi connectivity index (χ4n) is 5.24. The zero-order chi connectivity index (χ0) is 29.3. The fraction of sp³-hybridized carbons (Fsp3) is 0.310. The van der Waals surface area contributed by atoms with E-state index in [0.717, 1.165) is 21.6 Å². The Hall–Kier alpha value is -4.16. The summed E-state index contributed by atoms with van der Waals surface area (Å²) >= 11 is 1.32. The van der Waals surface area contributed by atoms with Gasteiger partial charge in [-0.05, 0) is 41.8 Å². The molecule has 214 valence electrons. The Morgan fingerprint density at radius 3 is 2.61 bits per heavy atom. The molecule has 0 spiro atoms. The maximum Gasteiger partial charge on any atom is 0.345 e. The van der Waals surface area contributed by atoms with Crippen molar-refractivity contribution in [1.29, 1.82) is 5.41 Å². The number of carbonyl (C=O) groups excluding carboxylic acids is 3. The van der Waals surface area contributed by atoms with Gasteiger partial charge in [-0.1, -0.05) is 36.4 Å². The van der Waals surface area contributed by atoms with E-state index >= 15 is 0 Å². The third-order valence-electron chi connectivity index (χ3n) is 7.31. The minimum Gasteiger partial charge on any atom is -0.384 e. The number of fused-ring (bicyclic) bond motifs is 1. The minimum atomic E-state index is -3.05. The summed E-state index contributed by atoms with van der Waals surface area (Å²) in [4.78, 5) is 43.2. The number of hydrogen-bond donors (Lipinski definition) is 3. The normalized spacial score (nSPS) is 19.0. The first-order valence-electron chi connectivity index (χ1n) is 13.0. The molecular weight excluding hydrogens is 552 g/mol.